The second kappa shape index (κ2) is 9.53. The van der Waals surface area contributed by atoms with Crippen molar-refractivity contribution >= 4 is 15.8 Å². The highest BCUT2D eigenvalue weighted by atomic mass is 32.2. The number of nitrogens with one attached hydrogen (secondary N) is 3. The van der Waals surface area contributed by atoms with Gasteiger partial charge in [-0.1, -0.05) is 12.1 Å². The van der Waals surface area contributed by atoms with Crippen LogP contribution in [0.25, 0.3) is 0 Å². The Kier molecular flexibility index (Phi) is 7.07. The molecule has 2 aromatic rings. The second-order valence-corrected chi connectivity index (χ2v) is 9.15. The number of quaternary nitrogens is 1. The zero-order valence-electron chi connectivity index (χ0n) is 17.1. The molecule has 1 aliphatic rings. The number of benzene rings is 1. The molecule has 8 nitrogen and oxygen atoms in total. The number of rotatable bonds is 8. The minimum atomic E-state index is -3.50. The fraction of sp³-hybridized carbons (Fsp3) is 0.450. The van der Waals surface area contributed by atoms with Gasteiger partial charge in [0.25, 0.3) is 5.82 Å². The van der Waals surface area contributed by atoms with Crippen LogP contribution >= 0.6 is 0 Å². The van der Waals surface area contributed by atoms with Crippen LogP contribution in [0.15, 0.2) is 47.5 Å². The number of pyridine rings is 1. The Morgan fingerprint density at radius 2 is 1.93 bits per heavy atom. The summed E-state index contributed by atoms with van der Waals surface area (Å²) in [6.07, 6.45) is 1.54. The molecule has 29 heavy (non-hydrogen) atoms. The summed E-state index contributed by atoms with van der Waals surface area (Å²) in [5, 5.41) is 3.37. The molecule has 0 radical (unpaired) electrons. The maximum Gasteiger partial charge on any atom is 0.272 e. The summed E-state index contributed by atoms with van der Waals surface area (Å²) in [6.45, 7) is 2.29. The lowest BCUT2D eigenvalue weighted by Gasteiger charge is -2.25. The number of hydrogen-bond acceptors (Lipinski definition) is 5. The summed E-state index contributed by atoms with van der Waals surface area (Å²) in [5.74, 6) is 1.61. The molecule has 2 heterocycles. The van der Waals surface area contributed by atoms with Gasteiger partial charge in [0.15, 0.2) is 6.04 Å². The van der Waals surface area contributed by atoms with E-state index in [9.17, 15) is 8.42 Å². The molecule has 1 atom stereocenters. The zero-order chi connectivity index (χ0) is 20.9. The van der Waals surface area contributed by atoms with Gasteiger partial charge in [-0.25, -0.2) is 13.4 Å². The first kappa shape index (κ1) is 21.5. The van der Waals surface area contributed by atoms with E-state index in [0.717, 1.165) is 17.1 Å². The van der Waals surface area contributed by atoms with Crippen molar-refractivity contribution in [1.29, 1.82) is 0 Å². The number of aromatic amines is 1. The Bertz CT molecular complexity index is 897. The van der Waals surface area contributed by atoms with E-state index >= 15 is 0 Å². The average Bonchev–Trinajstić information content (AvgIpc) is 2.75. The number of para-hydroxylation sites is 1. The number of likely N-dealkylation sites (N-methyl/N-ethyl adjacent to an activating group) is 1. The molecule has 0 spiro atoms. The Labute approximate surface area is 172 Å². The number of anilines is 1. The molecule has 0 aliphatic carbocycles. The molecule has 0 unspecified atom stereocenters. The quantitative estimate of drug-likeness (QED) is 0.617. The lowest BCUT2D eigenvalue weighted by molar-refractivity contribution is -0.890. The Morgan fingerprint density at radius 3 is 2.55 bits per heavy atom. The molecule has 1 aromatic heterocycles. The number of hydrogen-bond donors (Lipinski definition) is 2. The van der Waals surface area contributed by atoms with Crippen LogP contribution in [0.2, 0.25) is 0 Å². The predicted octanol–water partition coefficient (Wildman–Crippen LogP) is -0.172. The molecule has 0 bridgehead atoms. The monoisotopic (exact) mass is 422 g/mol. The van der Waals surface area contributed by atoms with Crippen molar-refractivity contribution in [3.05, 3.63) is 48.2 Å². The molecular formula is C20H30N4O4S+2. The maximum absolute atomic E-state index is 12.7. The van der Waals surface area contributed by atoms with Crippen LogP contribution in [0.3, 0.4) is 0 Å². The van der Waals surface area contributed by atoms with Gasteiger partial charge in [0, 0.05) is 19.2 Å². The van der Waals surface area contributed by atoms with E-state index in [1.807, 2.05) is 18.2 Å². The minimum Gasteiger partial charge on any atom is -0.496 e. The number of H-pyrrole nitrogens is 1. The summed E-state index contributed by atoms with van der Waals surface area (Å²) in [6, 6.07) is 11.5. The van der Waals surface area contributed by atoms with Crippen molar-refractivity contribution in [2.24, 2.45) is 0 Å². The number of methoxy groups -OCH3 is 1. The van der Waals surface area contributed by atoms with Crippen molar-refractivity contribution in [2.75, 3.05) is 59.4 Å². The van der Waals surface area contributed by atoms with E-state index in [1.165, 1.54) is 15.4 Å². The number of morpholine rings is 1. The van der Waals surface area contributed by atoms with Crippen LogP contribution in [0.4, 0.5) is 5.82 Å². The highest BCUT2D eigenvalue weighted by Crippen LogP contribution is 2.23. The molecule has 0 saturated carbocycles. The number of aromatic nitrogens is 1. The summed E-state index contributed by atoms with van der Waals surface area (Å²) in [5.41, 5.74) is 1.12. The highest BCUT2D eigenvalue weighted by Gasteiger charge is 2.28. The Balaban J connectivity index is 1.70. The van der Waals surface area contributed by atoms with Crippen LogP contribution in [0.1, 0.15) is 11.6 Å². The van der Waals surface area contributed by atoms with Gasteiger partial charge in [0.1, 0.15) is 23.4 Å². The lowest BCUT2D eigenvalue weighted by Crippen LogP contribution is -3.06. The highest BCUT2D eigenvalue weighted by molar-refractivity contribution is 7.89. The van der Waals surface area contributed by atoms with Crippen molar-refractivity contribution in [3.63, 3.8) is 0 Å². The van der Waals surface area contributed by atoms with Crippen LogP contribution in [-0.2, 0) is 14.8 Å². The number of sulfonamides is 1. The molecule has 0 amide bonds. The van der Waals surface area contributed by atoms with E-state index < -0.39 is 10.0 Å². The average molecular weight is 423 g/mol. The van der Waals surface area contributed by atoms with Gasteiger partial charge in [-0.3, -0.25) is 5.32 Å². The van der Waals surface area contributed by atoms with E-state index in [1.54, 1.807) is 19.2 Å². The van der Waals surface area contributed by atoms with Crippen molar-refractivity contribution in [2.45, 2.75) is 10.9 Å². The van der Waals surface area contributed by atoms with Crippen molar-refractivity contribution < 1.29 is 27.8 Å². The normalized spacial score (nSPS) is 16.6. The van der Waals surface area contributed by atoms with E-state index in [0.29, 0.717) is 32.8 Å². The summed E-state index contributed by atoms with van der Waals surface area (Å²) in [7, 11) is 2.37. The van der Waals surface area contributed by atoms with Crippen molar-refractivity contribution in [1.82, 2.24) is 4.31 Å². The molecule has 3 N–H and O–H groups in total. The van der Waals surface area contributed by atoms with Gasteiger partial charge in [0.2, 0.25) is 10.0 Å². The molecule has 1 saturated heterocycles. The van der Waals surface area contributed by atoms with Gasteiger partial charge < -0.3 is 14.4 Å². The van der Waals surface area contributed by atoms with Crippen LogP contribution in [0.5, 0.6) is 5.75 Å². The number of nitrogens with zero attached hydrogens (tertiary/aromatic N) is 1. The number of ether oxygens (including phenoxy) is 2. The fourth-order valence-electron chi connectivity index (χ4n) is 3.41. The minimum absolute atomic E-state index is 0.163. The SMILES string of the molecule is COc1ccccc1[C@@H](CNc1ccc(S(=O)(=O)N2CCOCC2)c[nH+]1)[NH+](C)C. The molecule has 1 aromatic carbocycles. The van der Waals surface area contributed by atoms with Gasteiger partial charge >= 0.3 is 0 Å². The first-order valence-electron chi connectivity index (χ1n) is 9.70. The Morgan fingerprint density at radius 1 is 1.21 bits per heavy atom. The van der Waals surface area contributed by atoms with Gasteiger partial charge in [-0.2, -0.15) is 4.31 Å². The van der Waals surface area contributed by atoms with Gasteiger partial charge in [0.05, 0.1) is 40.0 Å². The van der Waals surface area contributed by atoms with Crippen LogP contribution < -0.4 is 19.9 Å². The fourth-order valence-corrected chi connectivity index (χ4v) is 4.78. The second-order valence-electron chi connectivity index (χ2n) is 7.21. The Hall–Kier alpha value is -2.20. The molecule has 3 rings (SSSR count). The molecule has 1 fully saturated rings. The van der Waals surface area contributed by atoms with Crippen LogP contribution in [-0.4, -0.2) is 66.8 Å². The first-order valence-corrected chi connectivity index (χ1v) is 11.1. The standard InChI is InChI=1S/C20H28N4O4S/c1-23(2)18(17-6-4-5-7-19(17)27-3)15-22-20-9-8-16(14-21-20)29(25,26)24-10-12-28-13-11-24/h4-9,14,18H,10-13,15H2,1-3H3,(H,21,22)/p+2/t18-/m1/s1. The van der Waals surface area contributed by atoms with E-state index in [4.69, 9.17) is 9.47 Å². The predicted molar refractivity (Wildman–Crippen MR) is 110 cm³/mol. The third-order valence-corrected chi connectivity index (χ3v) is 6.99. The molecular weight excluding hydrogens is 392 g/mol. The summed E-state index contributed by atoms with van der Waals surface area (Å²) < 4.78 is 37.7. The molecule has 1 aliphatic heterocycles. The zero-order valence-corrected chi connectivity index (χ0v) is 18.0. The largest absolute Gasteiger partial charge is 0.496 e. The topological polar surface area (TPSA) is 86.5 Å². The molecule has 9 heteroatoms. The van der Waals surface area contributed by atoms with Gasteiger partial charge in [-0.15, -0.1) is 0 Å². The maximum atomic E-state index is 12.7. The van der Waals surface area contributed by atoms with E-state index in [-0.39, 0.29) is 10.9 Å². The lowest BCUT2D eigenvalue weighted by atomic mass is 10.0. The smallest absolute Gasteiger partial charge is 0.272 e. The van der Waals surface area contributed by atoms with Crippen LogP contribution in [0, 0.1) is 0 Å². The van der Waals surface area contributed by atoms with Gasteiger partial charge in [-0.05, 0) is 18.2 Å². The summed E-state index contributed by atoms with van der Waals surface area (Å²) in [4.78, 5) is 4.58. The third-order valence-electron chi connectivity index (χ3n) is 5.10. The van der Waals surface area contributed by atoms with Crippen molar-refractivity contribution in [3.8, 4) is 5.75 Å². The first-order chi connectivity index (χ1) is 13.9. The molecule has 158 valence electrons. The third kappa shape index (κ3) is 5.05. The van der Waals surface area contributed by atoms with E-state index in [2.05, 4.69) is 30.5 Å². The summed E-state index contributed by atoms with van der Waals surface area (Å²) >= 11 is 0.